The van der Waals surface area contributed by atoms with Gasteiger partial charge in [0.05, 0.1) is 6.04 Å². The third-order valence-electron chi connectivity index (χ3n) is 3.53. The third kappa shape index (κ3) is 3.36. The van der Waals surface area contributed by atoms with E-state index in [4.69, 9.17) is 5.73 Å². The van der Waals surface area contributed by atoms with E-state index >= 15 is 0 Å². The van der Waals surface area contributed by atoms with Gasteiger partial charge >= 0.3 is 0 Å². The number of benzene rings is 2. The fraction of sp³-hybridized carbons (Fsp3) is 0.353. The summed E-state index contributed by atoms with van der Waals surface area (Å²) in [4.78, 5) is 13.8. The Labute approximate surface area is 120 Å². The van der Waals surface area contributed by atoms with E-state index in [9.17, 15) is 4.79 Å². The summed E-state index contributed by atoms with van der Waals surface area (Å²) >= 11 is 0. The Bertz CT molecular complexity index is 594. The van der Waals surface area contributed by atoms with Gasteiger partial charge in [-0.25, -0.2) is 0 Å². The molecule has 0 saturated carbocycles. The lowest BCUT2D eigenvalue weighted by Crippen LogP contribution is -2.41. The Balaban J connectivity index is 2.09. The molecule has 0 heterocycles. The van der Waals surface area contributed by atoms with Crippen LogP contribution in [0, 0.1) is 0 Å². The van der Waals surface area contributed by atoms with Gasteiger partial charge < -0.3 is 10.6 Å². The standard InChI is InChI=1S/C17H22N2O/c1-3-6-16(18)17(20)19(2)12-13-9-10-14-7-4-5-8-15(14)11-13/h4-5,7-11,16H,3,6,12,18H2,1-2H3/t16-/m0/s1. The van der Waals surface area contributed by atoms with Crippen LogP contribution in [0.15, 0.2) is 42.5 Å². The molecule has 106 valence electrons. The Hall–Kier alpha value is -1.87. The number of amides is 1. The van der Waals surface area contributed by atoms with Gasteiger partial charge in [-0.3, -0.25) is 4.79 Å². The van der Waals surface area contributed by atoms with Crippen LogP contribution in [-0.2, 0) is 11.3 Å². The number of carbonyl (C=O) groups excluding carboxylic acids is 1. The second-order valence-corrected chi connectivity index (χ2v) is 5.27. The van der Waals surface area contributed by atoms with Crippen molar-refractivity contribution >= 4 is 16.7 Å². The molecule has 1 amide bonds. The van der Waals surface area contributed by atoms with Gasteiger partial charge in [-0.1, -0.05) is 49.7 Å². The molecule has 3 nitrogen and oxygen atoms in total. The molecule has 20 heavy (non-hydrogen) atoms. The highest BCUT2D eigenvalue weighted by Gasteiger charge is 2.17. The third-order valence-corrected chi connectivity index (χ3v) is 3.53. The maximum absolute atomic E-state index is 12.1. The number of fused-ring (bicyclic) bond motifs is 1. The molecule has 0 saturated heterocycles. The molecule has 0 spiro atoms. The van der Waals surface area contributed by atoms with Crippen LogP contribution in [0.25, 0.3) is 10.8 Å². The number of nitrogens with zero attached hydrogens (tertiary/aromatic N) is 1. The van der Waals surface area contributed by atoms with E-state index in [1.165, 1.54) is 10.8 Å². The van der Waals surface area contributed by atoms with Crippen molar-refractivity contribution in [2.24, 2.45) is 5.73 Å². The first kappa shape index (κ1) is 14.5. The van der Waals surface area contributed by atoms with Crippen molar-refractivity contribution in [1.29, 1.82) is 0 Å². The van der Waals surface area contributed by atoms with E-state index in [0.717, 1.165) is 18.4 Å². The summed E-state index contributed by atoms with van der Waals surface area (Å²) in [5.74, 6) is 0.0139. The van der Waals surface area contributed by atoms with Gasteiger partial charge in [0.25, 0.3) is 0 Å². The van der Waals surface area contributed by atoms with Crippen molar-refractivity contribution in [3.63, 3.8) is 0 Å². The number of nitrogens with two attached hydrogens (primary N) is 1. The number of likely N-dealkylation sites (N-methyl/N-ethyl adjacent to an activating group) is 1. The van der Waals surface area contributed by atoms with Crippen molar-refractivity contribution in [1.82, 2.24) is 4.90 Å². The molecule has 3 heteroatoms. The van der Waals surface area contributed by atoms with Gasteiger partial charge in [-0.15, -0.1) is 0 Å². The van der Waals surface area contributed by atoms with Gasteiger partial charge in [-0.2, -0.15) is 0 Å². The van der Waals surface area contributed by atoms with E-state index in [1.807, 2.05) is 26.1 Å². The topological polar surface area (TPSA) is 46.3 Å². The highest BCUT2D eigenvalue weighted by molar-refractivity contribution is 5.84. The van der Waals surface area contributed by atoms with Crippen molar-refractivity contribution < 1.29 is 4.79 Å². The molecule has 0 aromatic heterocycles. The smallest absolute Gasteiger partial charge is 0.239 e. The van der Waals surface area contributed by atoms with Crippen molar-refractivity contribution in [2.75, 3.05) is 7.05 Å². The van der Waals surface area contributed by atoms with Crippen LogP contribution in [0.2, 0.25) is 0 Å². The van der Waals surface area contributed by atoms with Gasteiger partial charge in [0.15, 0.2) is 0 Å². The summed E-state index contributed by atoms with van der Waals surface area (Å²) in [6.45, 7) is 2.64. The van der Waals surface area contributed by atoms with Crippen LogP contribution >= 0.6 is 0 Å². The summed E-state index contributed by atoms with van der Waals surface area (Å²) in [6.07, 6.45) is 1.66. The van der Waals surface area contributed by atoms with Crippen molar-refractivity contribution in [3.05, 3.63) is 48.0 Å². The maximum Gasteiger partial charge on any atom is 0.239 e. The maximum atomic E-state index is 12.1. The zero-order chi connectivity index (χ0) is 14.5. The molecule has 0 radical (unpaired) electrons. The minimum atomic E-state index is -0.384. The quantitative estimate of drug-likeness (QED) is 0.908. The summed E-state index contributed by atoms with van der Waals surface area (Å²) < 4.78 is 0. The number of hydrogen-bond donors (Lipinski definition) is 1. The molecule has 2 N–H and O–H groups in total. The molecule has 0 aliphatic heterocycles. The fourth-order valence-electron chi connectivity index (χ4n) is 2.41. The van der Waals surface area contributed by atoms with E-state index in [0.29, 0.717) is 6.54 Å². The number of hydrogen-bond acceptors (Lipinski definition) is 2. The van der Waals surface area contributed by atoms with Gasteiger partial charge in [-0.05, 0) is 28.8 Å². The van der Waals surface area contributed by atoms with Crippen molar-refractivity contribution in [3.8, 4) is 0 Å². The molecule has 2 aromatic carbocycles. The van der Waals surface area contributed by atoms with E-state index < -0.39 is 0 Å². The first-order valence-corrected chi connectivity index (χ1v) is 7.10. The van der Waals surface area contributed by atoms with E-state index in [2.05, 4.69) is 30.3 Å². The molecular weight excluding hydrogens is 248 g/mol. The molecule has 0 unspecified atom stereocenters. The molecule has 0 aliphatic carbocycles. The molecule has 2 aromatic rings. The Morgan fingerprint density at radius 2 is 1.90 bits per heavy atom. The average Bonchev–Trinajstić information content (AvgIpc) is 2.46. The Kier molecular flexibility index (Phi) is 4.74. The van der Waals surface area contributed by atoms with Crippen LogP contribution in [0.3, 0.4) is 0 Å². The minimum Gasteiger partial charge on any atom is -0.340 e. The van der Waals surface area contributed by atoms with Gasteiger partial charge in [0.2, 0.25) is 5.91 Å². The molecule has 1 atom stereocenters. The predicted octanol–water partition coefficient (Wildman–Crippen LogP) is 2.93. The predicted molar refractivity (Wildman–Crippen MR) is 83.3 cm³/mol. The first-order chi connectivity index (χ1) is 9.61. The normalized spacial score (nSPS) is 12.3. The second kappa shape index (κ2) is 6.53. The lowest BCUT2D eigenvalue weighted by Gasteiger charge is -2.21. The summed E-state index contributed by atoms with van der Waals surface area (Å²) in [6, 6.07) is 14.1. The molecule has 0 fully saturated rings. The lowest BCUT2D eigenvalue weighted by atomic mass is 10.1. The Morgan fingerprint density at radius 1 is 1.20 bits per heavy atom. The van der Waals surface area contributed by atoms with Crippen molar-refractivity contribution in [2.45, 2.75) is 32.4 Å². The lowest BCUT2D eigenvalue weighted by molar-refractivity contribution is -0.131. The highest BCUT2D eigenvalue weighted by atomic mass is 16.2. The highest BCUT2D eigenvalue weighted by Crippen LogP contribution is 2.16. The number of rotatable bonds is 5. The monoisotopic (exact) mass is 270 g/mol. The Morgan fingerprint density at radius 3 is 2.60 bits per heavy atom. The first-order valence-electron chi connectivity index (χ1n) is 7.10. The summed E-state index contributed by atoms with van der Waals surface area (Å²) in [5, 5.41) is 2.41. The van der Waals surface area contributed by atoms with Crippen LogP contribution in [-0.4, -0.2) is 23.9 Å². The van der Waals surface area contributed by atoms with Crippen LogP contribution in [0.4, 0.5) is 0 Å². The molecule has 0 aliphatic rings. The van der Waals surface area contributed by atoms with Crippen LogP contribution in [0.1, 0.15) is 25.3 Å². The minimum absolute atomic E-state index is 0.0139. The number of carbonyl (C=O) groups is 1. The summed E-state index contributed by atoms with van der Waals surface area (Å²) in [5.41, 5.74) is 7.01. The largest absolute Gasteiger partial charge is 0.340 e. The zero-order valence-electron chi connectivity index (χ0n) is 12.2. The molecule has 2 rings (SSSR count). The van der Waals surface area contributed by atoms with Gasteiger partial charge in [0.1, 0.15) is 0 Å². The zero-order valence-corrected chi connectivity index (χ0v) is 12.2. The van der Waals surface area contributed by atoms with E-state index in [-0.39, 0.29) is 11.9 Å². The molecule has 0 bridgehead atoms. The van der Waals surface area contributed by atoms with Gasteiger partial charge in [0, 0.05) is 13.6 Å². The summed E-state index contributed by atoms with van der Waals surface area (Å²) in [7, 11) is 1.81. The van der Waals surface area contributed by atoms with E-state index in [1.54, 1.807) is 4.90 Å². The average molecular weight is 270 g/mol. The second-order valence-electron chi connectivity index (χ2n) is 5.27. The SMILES string of the molecule is CCC[C@H](N)C(=O)N(C)Cc1ccc2ccccc2c1. The van der Waals surface area contributed by atoms with Crippen LogP contribution < -0.4 is 5.73 Å². The fourth-order valence-corrected chi connectivity index (χ4v) is 2.41. The molecular formula is C17H22N2O. The van der Waals surface area contributed by atoms with Crippen LogP contribution in [0.5, 0.6) is 0 Å².